The number of piperidine rings is 1. The van der Waals surface area contributed by atoms with Gasteiger partial charge in [0.15, 0.2) is 0 Å². The van der Waals surface area contributed by atoms with Crippen molar-refractivity contribution in [2.45, 2.75) is 38.7 Å². The van der Waals surface area contributed by atoms with Crippen LogP contribution in [0, 0.1) is 16.7 Å². The highest BCUT2D eigenvalue weighted by Gasteiger charge is 2.44. The van der Waals surface area contributed by atoms with Crippen LogP contribution < -0.4 is 15.1 Å². The molecule has 1 aromatic heterocycles. The number of morpholine rings is 1. The first kappa shape index (κ1) is 22.2. The van der Waals surface area contributed by atoms with E-state index in [-0.39, 0.29) is 12.0 Å². The molecule has 1 atom stereocenters. The predicted octanol–water partition coefficient (Wildman–Crippen LogP) is 4.57. The van der Waals surface area contributed by atoms with Crippen molar-refractivity contribution in [3.05, 3.63) is 45.9 Å². The lowest BCUT2D eigenvalue weighted by Crippen LogP contribution is -2.41. The number of pyridine rings is 1. The molecule has 172 valence electrons. The Morgan fingerprint density at radius 1 is 1.18 bits per heavy atom. The minimum atomic E-state index is -0.215. The molecule has 33 heavy (non-hydrogen) atoms. The van der Waals surface area contributed by atoms with E-state index in [2.05, 4.69) is 42.1 Å². The molecular weight excluding hydrogens is 482 g/mol. The molecule has 3 fully saturated rings. The van der Waals surface area contributed by atoms with E-state index in [1.54, 1.807) is 12.1 Å². The van der Waals surface area contributed by atoms with Crippen molar-refractivity contribution in [3.63, 3.8) is 0 Å². The van der Waals surface area contributed by atoms with Crippen molar-refractivity contribution in [1.29, 1.82) is 5.26 Å². The number of hydrogen-bond acceptors (Lipinski definition) is 6. The molecule has 0 bridgehead atoms. The number of carbonyl (C=O) groups excluding carboxylic acids is 1. The Morgan fingerprint density at radius 2 is 1.97 bits per heavy atom. The van der Waals surface area contributed by atoms with Crippen molar-refractivity contribution < 1.29 is 9.53 Å². The molecule has 1 amide bonds. The highest BCUT2D eigenvalue weighted by atomic mass is 79.9. The van der Waals surface area contributed by atoms with Crippen LogP contribution in [0.4, 0.5) is 17.3 Å². The Balaban J connectivity index is 1.38. The monoisotopic (exact) mass is 509 g/mol. The summed E-state index contributed by atoms with van der Waals surface area (Å²) in [5.74, 6) is 0.854. The minimum Gasteiger partial charge on any atom is -0.375 e. The standard InChI is InChI=1S/C25H28BrN5O2/c1-17-16-31(10-11-33-17)23-13-18(15-27)12-22(28-23)29-24(32)20-3-2-19(26)14-21(20)30-8-6-25(4-5-25)7-9-30/h2-3,12-14,17H,4-11,16H2,1H3,(H,28,29,32)/t17-/m1/s1. The van der Waals surface area contributed by atoms with E-state index in [0.717, 1.165) is 23.2 Å². The van der Waals surface area contributed by atoms with Crippen molar-refractivity contribution in [1.82, 2.24) is 4.98 Å². The summed E-state index contributed by atoms with van der Waals surface area (Å²) in [6.07, 6.45) is 5.16. The fourth-order valence-corrected chi connectivity index (χ4v) is 5.22. The van der Waals surface area contributed by atoms with Gasteiger partial charge in [0.25, 0.3) is 5.91 Å². The van der Waals surface area contributed by atoms with Gasteiger partial charge in [-0.3, -0.25) is 4.79 Å². The normalized spacial score (nSPS) is 21.5. The third-order valence-electron chi connectivity index (χ3n) is 7.07. The van der Waals surface area contributed by atoms with E-state index in [1.165, 1.54) is 25.7 Å². The molecule has 1 N–H and O–H groups in total. The summed E-state index contributed by atoms with van der Waals surface area (Å²) >= 11 is 3.57. The Morgan fingerprint density at radius 3 is 2.67 bits per heavy atom. The van der Waals surface area contributed by atoms with Gasteiger partial charge in [-0.15, -0.1) is 0 Å². The number of ether oxygens (including phenoxy) is 1. The van der Waals surface area contributed by atoms with Gasteiger partial charge in [0.2, 0.25) is 0 Å². The molecule has 2 aromatic rings. The molecule has 8 heteroatoms. The summed E-state index contributed by atoms with van der Waals surface area (Å²) in [7, 11) is 0. The maximum atomic E-state index is 13.4. The van der Waals surface area contributed by atoms with Crippen LogP contribution in [0.25, 0.3) is 0 Å². The lowest BCUT2D eigenvalue weighted by atomic mass is 9.93. The molecule has 3 aliphatic rings. The molecule has 2 aliphatic heterocycles. The number of carbonyl (C=O) groups is 1. The number of benzene rings is 1. The molecule has 0 unspecified atom stereocenters. The smallest absolute Gasteiger partial charge is 0.258 e. The topological polar surface area (TPSA) is 81.5 Å². The van der Waals surface area contributed by atoms with Crippen molar-refractivity contribution >= 4 is 39.2 Å². The van der Waals surface area contributed by atoms with Gasteiger partial charge in [0.05, 0.1) is 35.6 Å². The van der Waals surface area contributed by atoms with Crippen LogP contribution in [0.2, 0.25) is 0 Å². The zero-order valence-electron chi connectivity index (χ0n) is 18.8. The second kappa shape index (κ2) is 8.96. The number of hydrogen-bond donors (Lipinski definition) is 1. The van der Waals surface area contributed by atoms with Gasteiger partial charge < -0.3 is 19.9 Å². The zero-order valence-corrected chi connectivity index (χ0v) is 20.4. The van der Waals surface area contributed by atoms with Gasteiger partial charge >= 0.3 is 0 Å². The van der Waals surface area contributed by atoms with Gasteiger partial charge in [-0.2, -0.15) is 5.26 Å². The molecular formula is C25H28BrN5O2. The SMILES string of the molecule is C[C@@H]1CN(c2cc(C#N)cc(NC(=O)c3ccc(Br)cc3N3CCC4(CC3)CC4)n2)CCO1. The van der Waals surface area contributed by atoms with Crippen LogP contribution in [0.1, 0.15) is 48.5 Å². The molecule has 3 heterocycles. The summed E-state index contributed by atoms with van der Waals surface area (Å²) in [5.41, 5.74) is 2.60. The summed E-state index contributed by atoms with van der Waals surface area (Å²) in [4.78, 5) is 22.4. The highest BCUT2D eigenvalue weighted by Crippen LogP contribution is 2.54. The van der Waals surface area contributed by atoms with Crippen LogP contribution in [0.15, 0.2) is 34.8 Å². The highest BCUT2D eigenvalue weighted by molar-refractivity contribution is 9.10. The van der Waals surface area contributed by atoms with E-state index >= 15 is 0 Å². The second-order valence-electron chi connectivity index (χ2n) is 9.44. The quantitative estimate of drug-likeness (QED) is 0.649. The number of amides is 1. The molecule has 7 nitrogen and oxygen atoms in total. The average molecular weight is 510 g/mol. The predicted molar refractivity (Wildman–Crippen MR) is 132 cm³/mol. The minimum absolute atomic E-state index is 0.0916. The van der Waals surface area contributed by atoms with Crippen LogP contribution in [0.3, 0.4) is 0 Å². The Bertz CT molecular complexity index is 1100. The maximum Gasteiger partial charge on any atom is 0.258 e. The van der Waals surface area contributed by atoms with Crippen LogP contribution in [-0.4, -0.2) is 49.8 Å². The number of nitriles is 1. The van der Waals surface area contributed by atoms with Gasteiger partial charge in [-0.25, -0.2) is 4.98 Å². The van der Waals surface area contributed by atoms with E-state index < -0.39 is 0 Å². The third-order valence-corrected chi connectivity index (χ3v) is 7.57. The Kier molecular flexibility index (Phi) is 6.02. The van der Waals surface area contributed by atoms with Crippen LogP contribution in [-0.2, 0) is 4.74 Å². The second-order valence-corrected chi connectivity index (χ2v) is 10.4. The Labute approximate surface area is 202 Å². The Hall–Kier alpha value is -2.63. The number of halogens is 1. The molecule has 2 saturated heterocycles. The maximum absolute atomic E-state index is 13.4. The lowest BCUT2D eigenvalue weighted by molar-refractivity contribution is 0.0529. The summed E-state index contributed by atoms with van der Waals surface area (Å²) in [6.45, 7) is 5.97. The molecule has 1 aromatic carbocycles. The first-order valence-electron chi connectivity index (χ1n) is 11.6. The van der Waals surface area contributed by atoms with E-state index in [1.807, 2.05) is 25.1 Å². The largest absolute Gasteiger partial charge is 0.375 e. The van der Waals surface area contributed by atoms with Gasteiger partial charge in [-0.05, 0) is 68.4 Å². The number of anilines is 3. The molecule has 1 saturated carbocycles. The molecule has 1 spiro atoms. The molecule has 0 radical (unpaired) electrons. The van der Waals surface area contributed by atoms with Crippen molar-refractivity contribution in [3.8, 4) is 6.07 Å². The summed E-state index contributed by atoms with van der Waals surface area (Å²) in [5, 5.41) is 12.5. The number of rotatable bonds is 4. The average Bonchev–Trinajstić information content (AvgIpc) is 3.57. The first-order chi connectivity index (χ1) is 15.9. The third kappa shape index (κ3) is 4.85. The van der Waals surface area contributed by atoms with E-state index in [4.69, 9.17) is 4.74 Å². The van der Waals surface area contributed by atoms with Crippen molar-refractivity contribution in [2.75, 3.05) is 47.9 Å². The van der Waals surface area contributed by atoms with Crippen LogP contribution >= 0.6 is 15.9 Å². The van der Waals surface area contributed by atoms with Gasteiger partial charge in [0.1, 0.15) is 11.6 Å². The first-order valence-corrected chi connectivity index (χ1v) is 12.4. The lowest BCUT2D eigenvalue weighted by Gasteiger charge is -2.35. The summed E-state index contributed by atoms with van der Waals surface area (Å²) in [6, 6.07) is 11.4. The fraction of sp³-hybridized carbons (Fsp3) is 0.480. The fourth-order valence-electron chi connectivity index (χ4n) is 4.87. The number of nitrogens with zero attached hydrogens (tertiary/aromatic N) is 4. The zero-order chi connectivity index (χ0) is 23.0. The molecule has 1 aliphatic carbocycles. The van der Waals surface area contributed by atoms with Gasteiger partial charge in [-0.1, -0.05) is 15.9 Å². The molecule has 5 rings (SSSR count). The van der Waals surface area contributed by atoms with E-state index in [0.29, 0.717) is 47.9 Å². The number of nitrogens with one attached hydrogen (secondary N) is 1. The van der Waals surface area contributed by atoms with Crippen molar-refractivity contribution in [2.24, 2.45) is 5.41 Å². The number of aromatic nitrogens is 1. The summed E-state index contributed by atoms with van der Waals surface area (Å²) < 4.78 is 6.58. The van der Waals surface area contributed by atoms with E-state index in [9.17, 15) is 10.1 Å². The van der Waals surface area contributed by atoms with Crippen LogP contribution in [0.5, 0.6) is 0 Å². The van der Waals surface area contributed by atoms with Gasteiger partial charge in [0, 0.05) is 30.7 Å².